The Hall–Kier alpha value is -1.52. The average Bonchev–Trinajstić information content (AvgIpc) is 3.02. The summed E-state index contributed by atoms with van der Waals surface area (Å²) in [6, 6.07) is 7.53. The van der Waals surface area contributed by atoms with Gasteiger partial charge in [-0.1, -0.05) is 0 Å². The molecule has 2 heterocycles. The summed E-state index contributed by atoms with van der Waals surface area (Å²) in [5.41, 5.74) is 1.88. The Kier molecular flexibility index (Phi) is 4.69. The van der Waals surface area contributed by atoms with Gasteiger partial charge in [-0.05, 0) is 37.5 Å². The number of alkyl halides is 1. The van der Waals surface area contributed by atoms with Crippen LogP contribution in [0.25, 0.3) is 10.9 Å². The van der Waals surface area contributed by atoms with Gasteiger partial charge in [-0.2, -0.15) is 0 Å². The first-order chi connectivity index (χ1) is 10.7. The largest absolute Gasteiger partial charge is 0.492 e. The molecule has 1 aromatic carbocycles. The predicted octanol–water partition coefficient (Wildman–Crippen LogP) is 3.11. The minimum atomic E-state index is 0.00925. The lowest BCUT2D eigenvalue weighted by molar-refractivity contribution is 0.0972. The van der Waals surface area contributed by atoms with Crippen LogP contribution in [-0.4, -0.2) is 29.8 Å². The van der Waals surface area contributed by atoms with Crippen molar-refractivity contribution < 1.29 is 9.47 Å². The van der Waals surface area contributed by atoms with Crippen molar-refractivity contribution in [2.75, 3.05) is 19.1 Å². The molecule has 0 bridgehead atoms. The number of rotatable bonds is 5. The summed E-state index contributed by atoms with van der Waals surface area (Å²) in [6.07, 6.45) is 2.19. The lowest BCUT2D eigenvalue weighted by Crippen LogP contribution is -2.26. The van der Waals surface area contributed by atoms with Gasteiger partial charge in [0.2, 0.25) is 0 Å². The third-order valence-corrected chi connectivity index (χ3v) is 4.20. The van der Waals surface area contributed by atoms with E-state index in [0.29, 0.717) is 19.0 Å². The number of fused-ring (bicyclic) bond motifs is 1. The molecule has 1 saturated heterocycles. The van der Waals surface area contributed by atoms with Crippen LogP contribution < -0.4 is 10.3 Å². The average molecular weight is 322 g/mol. The third kappa shape index (κ3) is 3.13. The normalized spacial score (nSPS) is 18.0. The molecular formula is C17H20ClNO3. The second kappa shape index (κ2) is 6.71. The van der Waals surface area contributed by atoms with E-state index in [1.165, 1.54) is 0 Å². The first kappa shape index (κ1) is 15.4. The van der Waals surface area contributed by atoms with Crippen molar-refractivity contribution in [1.82, 2.24) is 4.57 Å². The fraction of sp³-hybridized carbons (Fsp3) is 0.471. The van der Waals surface area contributed by atoms with Crippen LogP contribution in [0.4, 0.5) is 0 Å². The van der Waals surface area contributed by atoms with Gasteiger partial charge in [0, 0.05) is 24.1 Å². The molecular weight excluding hydrogens is 302 g/mol. The van der Waals surface area contributed by atoms with Crippen molar-refractivity contribution in [1.29, 1.82) is 0 Å². The number of halogens is 1. The molecule has 1 aromatic heterocycles. The maximum absolute atomic E-state index is 12.4. The van der Waals surface area contributed by atoms with Crippen LogP contribution in [0.2, 0.25) is 0 Å². The lowest BCUT2D eigenvalue weighted by atomic mass is 10.1. The molecule has 1 aliphatic rings. The number of ether oxygens (including phenoxy) is 2. The number of hydrogen-bond acceptors (Lipinski definition) is 3. The van der Waals surface area contributed by atoms with E-state index < -0.39 is 0 Å². The van der Waals surface area contributed by atoms with Crippen LogP contribution in [0.15, 0.2) is 29.1 Å². The summed E-state index contributed by atoms with van der Waals surface area (Å²) in [5, 5.41) is 1.07. The fourth-order valence-corrected chi connectivity index (χ4v) is 3.03. The maximum Gasteiger partial charge on any atom is 0.251 e. The molecule has 0 spiro atoms. The van der Waals surface area contributed by atoms with E-state index in [-0.39, 0.29) is 11.7 Å². The Balaban J connectivity index is 2.04. The minimum absolute atomic E-state index is 0.00925. The van der Waals surface area contributed by atoms with Crippen molar-refractivity contribution in [2.24, 2.45) is 0 Å². The van der Waals surface area contributed by atoms with E-state index in [1.807, 2.05) is 25.1 Å². The Bertz CT molecular complexity index is 720. The summed E-state index contributed by atoms with van der Waals surface area (Å²) in [6.45, 7) is 3.79. The first-order valence-electron chi connectivity index (χ1n) is 7.63. The van der Waals surface area contributed by atoms with Crippen LogP contribution in [0.3, 0.4) is 0 Å². The molecule has 0 saturated carbocycles. The molecule has 5 heteroatoms. The Morgan fingerprint density at radius 1 is 1.41 bits per heavy atom. The number of benzene rings is 1. The quantitative estimate of drug-likeness (QED) is 0.794. The molecule has 1 fully saturated rings. The summed E-state index contributed by atoms with van der Waals surface area (Å²) in [4.78, 5) is 12.4. The molecule has 2 aromatic rings. The molecule has 4 nitrogen and oxygen atoms in total. The van der Waals surface area contributed by atoms with Crippen LogP contribution in [0, 0.1) is 6.92 Å². The highest BCUT2D eigenvalue weighted by atomic mass is 35.5. The van der Waals surface area contributed by atoms with Gasteiger partial charge >= 0.3 is 0 Å². The van der Waals surface area contributed by atoms with Crippen molar-refractivity contribution in [2.45, 2.75) is 32.4 Å². The number of aromatic nitrogens is 1. The summed E-state index contributed by atoms with van der Waals surface area (Å²) >= 11 is 5.67. The summed E-state index contributed by atoms with van der Waals surface area (Å²) in [7, 11) is 0. The first-order valence-corrected chi connectivity index (χ1v) is 8.17. The van der Waals surface area contributed by atoms with E-state index in [1.54, 1.807) is 10.6 Å². The molecule has 1 aliphatic heterocycles. The van der Waals surface area contributed by atoms with Gasteiger partial charge in [-0.25, -0.2) is 0 Å². The number of nitrogens with zero attached hydrogens (tertiary/aromatic N) is 1. The van der Waals surface area contributed by atoms with Gasteiger partial charge in [0.15, 0.2) is 0 Å². The van der Waals surface area contributed by atoms with E-state index >= 15 is 0 Å². The van der Waals surface area contributed by atoms with Crippen molar-refractivity contribution in [3.8, 4) is 5.75 Å². The molecule has 1 unspecified atom stereocenters. The van der Waals surface area contributed by atoms with E-state index in [4.69, 9.17) is 21.1 Å². The molecule has 0 amide bonds. The second-order valence-corrected chi connectivity index (χ2v) is 6.01. The van der Waals surface area contributed by atoms with Crippen molar-refractivity contribution >= 4 is 22.5 Å². The highest BCUT2D eigenvalue weighted by Gasteiger charge is 2.18. The maximum atomic E-state index is 12.4. The number of pyridine rings is 1. The highest BCUT2D eigenvalue weighted by molar-refractivity contribution is 6.18. The summed E-state index contributed by atoms with van der Waals surface area (Å²) < 4.78 is 13.1. The van der Waals surface area contributed by atoms with Gasteiger partial charge in [0.1, 0.15) is 12.4 Å². The van der Waals surface area contributed by atoms with Crippen molar-refractivity contribution in [3.05, 3.63) is 40.2 Å². The Morgan fingerprint density at radius 2 is 2.27 bits per heavy atom. The molecule has 22 heavy (non-hydrogen) atoms. The topological polar surface area (TPSA) is 40.5 Å². The smallest absolute Gasteiger partial charge is 0.251 e. The fourth-order valence-electron chi connectivity index (χ4n) is 2.95. The molecule has 0 radical (unpaired) electrons. The van der Waals surface area contributed by atoms with Crippen LogP contribution in [0.5, 0.6) is 5.75 Å². The Morgan fingerprint density at radius 3 is 3.00 bits per heavy atom. The predicted molar refractivity (Wildman–Crippen MR) is 88.1 cm³/mol. The molecule has 118 valence electrons. The van der Waals surface area contributed by atoms with Gasteiger partial charge < -0.3 is 14.0 Å². The van der Waals surface area contributed by atoms with Crippen molar-refractivity contribution in [3.63, 3.8) is 0 Å². The van der Waals surface area contributed by atoms with Gasteiger partial charge in [0.25, 0.3) is 5.56 Å². The zero-order chi connectivity index (χ0) is 15.5. The zero-order valence-electron chi connectivity index (χ0n) is 12.7. The lowest BCUT2D eigenvalue weighted by Gasteiger charge is -2.16. The molecule has 0 aliphatic carbocycles. The standard InChI is InChI=1S/C17H20ClNO3/c1-12-9-17(20)19(11-14-3-2-7-21-14)16-10-13(22-8-6-18)4-5-15(12)16/h4-5,9-10,14H,2-3,6-8,11H2,1H3. The van der Waals surface area contributed by atoms with E-state index in [9.17, 15) is 4.79 Å². The number of aryl methyl sites for hydroxylation is 1. The number of hydrogen-bond donors (Lipinski definition) is 0. The monoisotopic (exact) mass is 321 g/mol. The van der Waals surface area contributed by atoms with Crippen LogP contribution in [0.1, 0.15) is 18.4 Å². The van der Waals surface area contributed by atoms with Crippen LogP contribution >= 0.6 is 11.6 Å². The SMILES string of the molecule is Cc1cc(=O)n(CC2CCCO2)c2cc(OCCCl)ccc12. The Labute approximate surface area is 134 Å². The molecule has 1 atom stereocenters. The van der Waals surface area contributed by atoms with Gasteiger partial charge in [0.05, 0.1) is 24.0 Å². The highest BCUT2D eigenvalue weighted by Crippen LogP contribution is 2.24. The molecule has 3 rings (SSSR count). The third-order valence-electron chi connectivity index (χ3n) is 4.05. The van der Waals surface area contributed by atoms with Gasteiger partial charge in [-0.15, -0.1) is 11.6 Å². The van der Waals surface area contributed by atoms with E-state index in [2.05, 4.69) is 0 Å². The van der Waals surface area contributed by atoms with Crippen LogP contribution in [-0.2, 0) is 11.3 Å². The zero-order valence-corrected chi connectivity index (χ0v) is 13.4. The summed E-state index contributed by atoms with van der Waals surface area (Å²) in [5.74, 6) is 1.17. The minimum Gasteiger partial charge on any atom is -0.492 e. The van der Waals surface area contributed by atoms with Gasteiger partial charge in [-0.3, -0.25) is 4.79 Å². The second-order valence-electron chi connectivity index (χ2n) is 5.63. The van der Waals surface area contributed by atoms with E-state index in [0.717, 1.165) is 41.7 Å². The molecule has 0 N–H and O–H groups in total.